The van der Waals surface area contributed by atoms with Crippen molar-refractivity contribution in [3.05, 3.63) is 34.9 Å². The lowest BCUT2D eigenvalue weighted by Crippen LogP contribution is -2.22. The number of carbonyl (C=O) groups is 1. The Morgan fingerprint density at radius 3 is 2.20 bits per heavy atom. The lowest BCUT2D eigenvalue weighted by Gasteiger charge is -2.04. The van der Waals surface area contributed by atoms with Gasteiger partial charge < -0.3 is 0 Å². The van der Waals surface area contributed by atoms with E-state index in [4.69, 9.17) is 11.6 Å². The molecule has 1 nitrogen and oxygen atoms in total. The highest BCUT2D eigenvalue weighted by molar-refractivity contribution is 6.30. The second-order valence-electron chi connectivity index (χ2n) is 3.05. The number of carbonyl (C=O) groups excluding carboxylic acids is 1. The maximum atomic E-state index is 11.8. The summed E-state index contributed by atoms with van der Waals surface area (Å²) in [5, 5.41) is 0.515. The number of Topliss-reactive ketones (excluding diaryl/α,β-unsaturated/α-hetero) is 1. The summed E-state index contributed by atoms with van der Waals surface area (Å²) >= 11 is 5.60. The molecular formula is C10H8ClF3O. The minimum atomic E-state index is -4.73. The van der Waals surface area contributed by atoms with Crippen molar-refractivity contribution in [2.24, 2.45) is 0 Å². The van der Waals surface area contributed by atoms with Gasteiger partial charge in [0, 0.05) is 11.4 Å². The number of benzene rings is 1. The van der Waals surface area contributed by atoms with Gasteiger partial charge >= 0.3 is 6.18 Å². The molecule has 0 amide bonds. The fourth-order valence-electron chi connectivity index (χ4n) is 1.05. The lowest BCUT2D eigenvalue weighted by atomic mass is 10.1. The average Bonchev–Trinajstić information content (AvgIpc) is 2.15. The predicted molar refractivity (Wildman–Crippen MR) is 50.8 cm³/mol. The molecule has 0 aliphatic heterocycles. The van der Waals surface area contributed by atoms with Crippen molar-refractivity contribution >= 4 is 17.4 Å². The molecule has 0 unspecified atom stereocenters. The van der Waals surface area contributed by atoms with Crippen molar-refractivity contribution in [2.45, 2.75) is 19.0 Å². The highest BCUT2D eigenvalue weighted by atomic mass is 35.5. The highest BCUT2D eigenvalue weighted by Gasteiger charge is 2.37. The van der Waals surface area contributed by atoms with E-state index in [0.29, 0.717) is 10.6 Å². The molecule has 0 aliphatic carbocycles. The molecule has 0 bridgehead atoms. The average molecular weight is 237 g/mol. The van der Waals surface area contributed by atoms with E-state index in [1.807, 2.05) is 0 Å². The minimum Gasteiger partial charge on any atom is -0.290 e. The third-order valence-electron chi connectivity index (χ3n) is 1.87. The van der Waals surface area contributed by atoms with Gasteiger partial charge in [-0.25, -0.2) is 0 Å². The summed E-state index contributed by atoms with van der Waals surface area (Å²) in [6, 6.07) is 6.36. The fourth-order valence-corrected chi connectivity index (χ4v) is 1.18. The van der Waals surface area contributed by atoms with Crippen molar-refractivity contribution < 1.29 is 18.0 Å². The SMILES string of the molecule is O=C(CCc1ccc(Cl)cc1)C(F)(F)F. The van der Waals surface area contributed by atoms with Gasteiger partial charge in [0.25, 0.3) is 0 Å². The summed E-state index contributed by atoms with van der Waals surface area (Å²) < 4.78 is 35.5. The van der Waals surface area contributed by atoms with Crippen LogP contribution in [0.5, 0.6) is 0 Å². The number of aryl methyl sites for hydroxylation is 1. The zero-order valence-electron chi connectivity index (χ0n) is 7.64. The first-order chi connectivity index (χ1) is 6.89. The van der Waals surface area contributed by atoms with Crippen LogP contribution in [0.3, 0.4) is 0 Å². The standard InChI is InChI=1S/C10H8ClF3O/c11-8-4-1-7(2-5-8)3-6-9(15)10(12,13)14/h1-2,4-5H,3,6H2. The van der Waals surface area contributed by atoms with Crippen LogP contribution in [-0.2, 0) is 11.2 Å². The van der Waals surface area contributed by atoms with Crippen molar-refractivity contribution in [3.8, 4) is 0 Å². The Labute approximate surface area is 89.9 Å². The summed E-state index contributed by atoms with van der Waals surface area (Å²) in [6.45, 7) is 0. The Morgan fingerprint density at radius 1 is 1.20 bits per heavy atom. The fraction of sp³-hybridized carbons (Fsp3) is 0.300. The summed E-state index contributed by atoms with van der Waals surface area (Å²) in [5.41, 5.74) is 0.664. The topological polar surface area (TPSA) is 17.1 Å². The molecule has 0 saturated heterocycles. The smallest absolute Gasteiger partial charge is 0.290 e. The third-order valence-corrected chi connectivity index (χ3v) is 2.12. The Morgan fingerprint density at radius 2 is 1.73 bits per heavy atom. The van der Waals surface area contributed by atoms with Crippen LogP contribution in [0.4, 0.5) is 13.2 Å². The van der Waals surface area contributed by atoms with Crippen LogP contribution in [0.2, 0.25) is 5.02 Å². The van der Waals surface area contributed by atoms with Crippen molar-refractivity contribution in [1.29, 1.82) is 0 Å². The number of hydrogen-bond donors (Lipinski definition) is 0. The summed E-state index contributed by atoms with van der Waals surface area (Å²) in [7, 11) is 0. The molecule has 1 aromatic carbocycles. The van der Waals surface area contributed by atoms with Gasteiger partial charge in [-0.15, -0.1) is 0 Å². The number of halogens is 4. The van der Waals surface area contributed by atoms with E-state index in [1.165, 1.54) is 0 Å². The van der Waals surface area contributed by atoms with Gasteiger partial charge in [-0.3, -0.25) is 4.79 Å². The third kappa shape index (κ3) is 3.91. The molecule has 0 fully saturated rings. The number of ketones is 1. The quantitative estimate of drug-likeness (QED) is 0.786. The van der Waals surface area contributed by atoms with Crippen LogP contribution >= 0.6 is 11.6 Å². The Kier molecular flexibility index (Phi) is 3.74. The molecule has 82 valence electrons. The largest absolute Gasteiger partial charge is 0.449 e. The molecule has 1 rings (SSSR count). The first kappa shape index (κ1) is 12.0. The van der Waals surface area contributed by atoms with E-state index in [0.717, 1.165) is 0 Å². The maximum Gasteiger partial charge on any atom is 0.449 e. The first-order valence-corrected chi connectivity index (χ1v) is 4.62. The number of hydrogen-bond acceptors (Lipinski definition) is 1. The molecule has 0 heterocycles. The van der Waals surface area contributed by atoms with E-state index < -0.39 is 18.4 Å². The van der Waals surface area contributed by atoms with Crippen LogP contribution in [-0.4, -0.2) is 12.0 Å². The zero-order chi connectivity index (χ0) is 11.5. The van der Waals surface area contributed by atoms with Gasteiger partial charge in [-0.1, -0.05) is 23.7 Å². The molecule has 0 saturated carbocycles. The maximum absolute atomic E-state index is 11.8. The summed E-state index contributed by atoms with van der Waals surface area (Å²) in [5.74, 6) is -1.70. The van der Waals surface area contributed by atoms with Crippen LogP contribution < -0.4 is 0 Å². The van der Waals surface area contributed by atoms with Gasteiger partial charge in [0.05, 0.1) is 0 Å². The number of rotatable bonds is 3. The van der Waals surface area contributed by atoms with E-state index in [9.17, 15) is 18.0 Å². The van der Waals surface area contributed by atoms with Gasteiger partial charge in [-0.2, -0.15) is 13.2 Å². The number of alkyl halides is 3. The lowest BCUT2D eigenvalue weighted by molar-refractivity contribution is -0.171. The van der Waals surface area contributed by atoms with Crippen LogP contribution in [0.15, 0.2) is 24.3 Å². The van der Waals surface area contributed by atoms with Gasteiger partial charge in [-0.05, 0) is 24.1 Å². The Balaban J connectivity index is 2.51. The molecule has 0 aliphatic rings. The Bertz CT molecular complexity index is 343. The summed E-state index contributed by atoms with van der Waals surface area (Å²) in [6.07, 6.45) is -5.17. The van der Waals surface area contributed by atoms with Gasteiger partial charge in [0.15, 0.2) is 0 Å². The van der Waals surface area contributed by atoms with Gasteiger partial charge in [0.2, 0.25) is 5.78 Å². The normalized spacial score (nSPS) is 11.5. The second kappa shape index (κ2) is 4.66. The molecule has 0 atom stereocenters. The second-order valence-corrected chi connectivity index (χ2v) is 3.48. The highest BCUT2D eigenvalue weighted by Crippen LogP contribution is 2.19. The minimum absolute atomic E-state index is 0.0789. The van der Waals surface area contributed by atoms with Gasteiger partial charge in [0.1, 0.15) is 0 Å². The zero-order valence-corrected chi connectivity index (χ0v) is 8.40. The molecule has 15 heavy (non-hydrogen) atoms. The molecule has 0 N–H and O–H groups in total. The monoisotopic (exact) mass is 236 g/mol. The van der Waals surface area contributed by atoms with Crippen molar-refractivity contribution in [1.82, 2.24) is 0 Å². The van der Waals surface area contributed by atoms with Crippen LogP contribution in [0.1, 0.15) is 12.0 Å². The molecule has 1 aromatic rings. The molecule has 0 aromatic heterocycles. The molecular weight excluding hydrogens is 229 g/mol. The Hall–Kier alpha value is -1.03. The molecule has 0 spiro atoms. The van der Waals surface area contributed by atoms with Crippen LogP contribution in [0.25, 0.3) is 0 Å². The predicted octanol–water partition coefficient (Wildman–Crippen LogP) is 3.40. The van der Waals surface area contributed by atoms with Crippen LogP contribution in [0, 0.1) is 0 Å². The molecule has 5 heteroatoms. The summed E-state index contributed by atoms with van der Waals surface area (Å²) in [4.78, 5) is 10.6. The van der Waals surface area contributed by atoms with E-state index in [2.05, 4.69) is 0 Å². The van der Waals surface area contributed by atoms with E-state index in [-0.39, 0.29) is 6.42 Å². The first-order valence-electron chi connectivity index (χ1n) is 4.24. The molecule has 0 radical (unpaired) electrons. The van der Waals surface area contributed by atoms with Crippen molar-refractivity contribution in [2.75, 3.05) is 0 Å². The van der Waals surface area contributed by atoms with Crippen molar-refractivity contribution in [3.63, 3.8) is 0 Å². The van der Waals surface area contributed by atoms with E-state index >= 15 is 0 Å². The van der Waals surface area contributed by atoms with E-state index in [1.54, 1.807) is 24.3 Å².